The van der Waals surface area contributed by atoms with Gasteiger partial charge in [-0.05, 0) is 35.9 Å². The monoisotopic (exact) mass is 396 g/mol. The fourth-order valence-corrected chi connectivity index (χ4v) is 3.09. The summed E-state index contributed by atoms with van der Waals surface area (Å²) in [6, 6.07) is 15.7. The molecule has 28 heavy (non-hydrogen) atoms. The number of hydrogen-bond donors (Lipinski definition) is 1. The van der Waals surface area contributed by atoms with E-state index in [1.165, 1.54) is 18.2 Å². The van der Waals surface area contributed by atoms with Crippen molar-refractivity contribution >= 4 is 22.0 Å². The molecule has 0 saturated carbocycles. The molecule has 0 aliphatic heterocycles. The van der Waals surface area contributed by atoms with Crippen molar-refractivity contribution in [3.63, 3.8) is 0 Å². The molecular formula is C20H20N4O3S. The van der Waals surface area contributed by atoms with E-state index in [0.717, 1.165) is 11.3 Å². The van der Waals surface area contributed by atoms with Gasteiger partial charge in [-0.15, -0.1) is 0 Å². The van der Waals surface area contributed by atoms with E-state index < -0.39 is 10.0 Å². The summed E-state index contributed by atoms with van der Waals surface area (Å²) in [4.78, 5) is 13.9. The first kappa shape index (κ1) is 19.5. The van der Waals surface area contributed by atoms with Crippen molar-refractivity contribution in [2.45, 2.75) is 11.4 Å². The summed E-state index contributed by atoms with van der Waals surface area (Å²) in [6.07, 6.45) is 6.67. The Kier molecular flexibility index (Phi) is 5.72. The second-order valence-corrected chi connectivity index (χ2v) is 7.83. The van der Waals surface area contributed by atoms with E-state index in [1.807, 2.05) is 36.5 Å². The number of sulfonamides is 1. The average molecular weight is 396 g/mol. The van der Waals surface area contributed by atoms with Gasteiger partial charge in [-0.2, -0.15) is 5.10 Å². The van der Waals surface area contributed by atoms with E-state index in [2.05, 4.69) is 5.10 Å². The van der Waals surface area contributed by atoms with Crippen LogP contribution in [0.25, 0.3) is 11.8 Å². The summed E-state index contributed by atoms with van der Waals surface area (Å²) in [6.45, 7) is 0.417. The fourth-order valence-electron chi connectivity index (χ4n) is 2.58. The number of likely N-dealkylation sites (N-methyl/N-ethyl adjacent to an activating group) is 1. The number of primary sulfonamides is 1. The van der Waals surface area contributed by atoms with E-state index in [-0.39, 0.29) is 10.8 Å². The summed E-state index contributed by atoms with van der Waals surface area (Å²) in [5.41, 5.74) is 2.56. The summed E-state index contributed by atoms with van der Waals surface area (Å²) in [5.74, 6) is -0.178. The number of aromatic nitrogens is 2. The number of para-hydroxylation sites is 1. The lowest BCUT2D eigenvalue weighted by Gasteiger charge is -2.13. The minimum absolute atomic E-state index is 0.0310. The van der Waals surface area contributed by atoms with Crippen LogP contribution in [0.15, 0.2) is 78.0 Å². The second kappa shape index (κ2) is 8.20. The Morgan fingerprint density at radius 2 is 1.82 bits per heavy atom. The van der Waals surface area contributed by atoms with Crippen molar-refractivity contribution in [2.75, 3.05) is 7.05 Å². The van der Waals surface area contributed by atoms with Crippen LogP contribution in [0.4, 0.5) is 0 Å². The first-order valence-corrected chi connectivity index (χ1v) is 10.0. The highest BCUT2D eigenvalue weighted by Gasteiger charge is 2.09. The van der Waals surface area contributed by atoms with E-state index >= 15 is 0 Å². The number of benzene rings is 2. The van der Waals surface area contributed by atoms with Crippen LogP contribution in [0, 0.1) is 0 Å². The van der Waals surface area contributed by atoms with Crippen molar-refractivity contribution < 1.29 is 13.2 Å². The Bertz CT molecular complexity index is 1090. The number of hydrogen-bond acceptors (Lipinski definition) is 4. The van der Waals surface area contributed by atoms with Crippen LogP contribution in [0.3, 0.4) is 0 Å². The first-order chi connectivity index (χ1) is 13.3. The zero-order chi connectivity index (χ0) is 20.1. The molecule has 0 saturated heterocycles. The van der Waals surface area contributed by atoms with E-state index in [1.54, 1.807) is 41.0 Å². The van der Waals surface area contributed by atoms with Gasteiger partial charge >= 0.3 is 0 Å². The molecule has 1 heterocycles. The SMILES string of the molecule is CN(Cc1cnn(-c2ccccc2)c1)C(=O)/C=C/c1ccc(S(N)(=O)=O)cc1. The Labute approximate surface area is 163 Å². The van der Waals surface area contributed by atoms with Gasteiger partial charge in [0.25, 0.3) is 0 Å². The molecular weight excluding hydrogens is 376 g/mol. The number of carbonyl (C=O) groups excluding carboxylic acids is 1. The van der Waals surface area contributed by atoms with Gasteiger partial charge in [0.1, 0.15) is 0 Å². The van der Waals surface area contributed by atoms with Crippen LogP contribution in [-0.4, -0.2) is 36.1 Å². The largest absolute Gasteiger partial charge is 0.338 e. The lowest BCUT2D eigenvalue weighted by atomic mass is 10.2. The maximum Gasteiger partial charge on any atom is 0.246 e. The van der Waals surface area contributed by atoms with E-state index in [0.29, 0.717) is 12.1 Å². The Hall–Kier alpha value is -3.23. The van der Waals surface area contributed by atoms with Gasteiger partial charge in [0.05, 0.1) is 16.8 Å². The van der Waals surface area contributed by atoms with Gasteiger partial charge in [-0.3, -0.25) is 4.79 Å². The van der Waals surface area contributed by atoms with Gasteiger partial charge in [0.15, 0.2) is 0 Å². The molecule has 3 aromatic rings. The number of rotatable bonds is 6. The highest BCUT2D eigenvalue weighted by molar-refractivity contribution is 7.89. The lowest BCUT2D eigenvalue weighted by molar-refractivity contribution is -0.125. The molecule has 2 N–H and O–H groups in total. The van der Waals surface area contributed by atoms with Crippen LogP contribution in [-0.2, 0) is 21.4 Å². The summed E-state index contributed by atoms with van der Waals surface area (Å²) in [7, 11) is -2.02. The maximum absolute atomic E-state index is 12.3. The van der Waals surface area contributed by atoms with Crippen molar-refractivity contribution in [3.8, 4) is 5.69 Å². The van der Waals surface area contributed by atoms with Gasteiger partial charge in [0.2, 0.25) is 15.9 Å². The molecule has 0 spiro atoms. The predicted molar refractivity (Wildman–Crippen MR) is 107 cm³/mol. The third-order valence-corrected chi connectivity index (χ3v) is 5.01. The molecule has 2 aromatic carbocycles. The van der Waals surface area contributed by atoms with Crippen LogP contribution < -0.4 is 5.14 Å². The van der Waals surface area contributed by atoms with Crippen molar-refractivity contribution in [1.82, 2.24) is 14.7 Å². The molecule has 8 heteroatoms. The minimum Gasteiger partial charge on any atom is -0.338 e. The molecule has 1 amide bonds. The summed E-state index contributed by atoms with van der Waals surface area (Å²) >= 11 is 0. The van der Waals surface area contributed by atoms with Crippen LogP contribution in [0.2, 0.25) is 0 Å². The second-order valence-electron chi connectivity index (χ2n) is 6.27. The molecule has 0 fully saturated rings. The smallest absolute Gasteiger partial charge is 0.246 e. The van der Waals surface area contributed by atoms with Crippen LogP contribution >= 0.6 is 0 Å². The Balaban J connectivity index is 1.62. The van der Waals surface area contributed by atoms with Crippen molar-refractivity contribution in [1.29, 1.82) is 0 Å². The molecule has 0 unspecified atom stereocenters. The lowest BCUT2D eigenvalue weighted by Crippen LogP contribution is -2.23. The van der Waals surface area contributed by atoms with Crippen molar-refractivity contribution in [3.05, 3.63) is 84.2 Å². The standard InChI is InChI=1S/C20H20N4O3S/c1-23(14-17-13-22-24(15-17)18-5-3-2-4-6-18)20(25)12-9-16-7-10-19(11-8-16)28(21,26)27/h2-13,15H,14H2,1H3,(H2,21,26,27)/b12-9+. The van der Waals surface area contributed by atoms with E-state index in [9.17, 15) is 13.2 Å². The van der Waals surface area contributed by atoms with Crippen LogP contribution in [0.1, 0.15) is 11.1 Å². The molecule has 144 valence electrons. The van der Waals surface area contributed by atoms with Gasteiger partial charge in [-0.1, -0.05) is 30.3 Å². The van der Waals surface area contributed by atoms with Crippen LogP contribution in [0.5, 0.6) is 0 Å². The highest BCUT2D eigenvalue weighted by Crippen LogP contribution is 2.11. The molecule has 0 aliphatic rings. The number of nitrogens with zero attached hydrogens (tertiary/aromatic N) is 3. The number of amides is 1. The molecule has 0 atom stereocenters. The summed E-state index contributed by atoms with van der Waals surface area (Å²) < 4.78 is 24.3. The maximum atomic E-state index is 12.3. The molecule has 0 radical (unpaired) electrons. The Morgan fingerprint density at radius 1 is 1.14 bits per heavy atom. The fraction of sp³-hybridized carbons (Fsp3) is 0.100. The zero-order valence-corrected chi connectivity index (χ0v) is 16.1. The van der Waals surface area contributed by atoms with Crippen molar-refractivity contribution in [2.24, 2.45) is 5.14 Å². The molecule has 0 aliphatic carbocycles. The third kappa shape index (κ3) is 4.93. The normalized spacial score (nSPS) is 11.6. The van der Waals surface area contributed by atoms with E-state index in [4.69, 9.17) is 5.14 Å². The molecule has 3 rings (SSSR count). The van der Waals surface area contributed by atoms with Gasteiger partial charge < -0.3 is 4.90 Å². The molecule has 0 bridgehead atoms. The average Bonchev–Trinajstić information content (AvgIpc) is 3.15. The molecule has 1 aromatic heterocycles. The third-order valence-electron chi connectivity index (χ3n) is 4.08. The zero-order valence-electron chi connectivity index (χ0n) is 15.3. The minimum atomic E-state index is -3.72. The Morgan fingerprint density at radius 3 is 2.46 bits per heavy atom. The van der Waals surface area contributed by atoms with Gasteiger partial charge in [-0.25, -0.2) is 18.2 Å². The number of nitrogens with two attached hydrogens (primary N) is 1. The topological polar surface area (TPSA) is 98.3 Å². The summed E-state index contributed by atoms with van der Waals surface area (Å²) in [5, 5.41) is 9.39. The highest BCUT2D eigenvalue weighted by atomic mass is 32.2. The number of carbonyl (C=O) groups is 1. The molecule has 7 nitrogen and oxygen atoms in total. The van der Waals surface area contributed by atoms with Gasteiger partial charge in [0, 0.05) is 31.4 Å². The first-order valence-electron chi connectivity index (χ1n) is 8.48. The predicted octanol–water partition coefficient (Wildman–Crippen LogP) is 2.19. The quantitative estimate of drug-likeness (QED) is 0.646.